The van der Waals surface area contributed by atoms with Gasteiger partial charge < -0.3 is 0 Å². The smallest absolute Gasteiger partial charge is 0.194 e. The second-order valence-electron chi connectivity index (χ2n) is 14.7. The van der Waals surface area contributed by atoms with E-state index >= 15 is 0 Å². The van der Waals surface area contributed by atoms with E-state index in [1.165, 1.54) is 0 Å². The number of nitriles is 2. The second kappa shape index (κ2) is 19.0. The van der Waals surface area contributed by atoms with Gasteiger partial charge in [-0.25, -0.2) is 0 Å². The van der Waals surface area contributed by atoms with Crippen molar-refractivity contribution in [2.75, 3.05) is 18.3 Å². The van der Waals surface area contributed by atoms with Gasteiger partial charge in [-0.05, 0) is 42.1 Å². The van der Waals surface area contributed by atoms with Gasteiger partial charge >= 0.3 is 49.4 Å². The van der Waals surface area contributed by atoms with E-state index in [1.807, 2.05) is 19.1 Å². The van der Waals surface area contributed by atoms with E-state index in [9.17, 15) is 105 Å². The first-order valence-electron chi connectivity index (χ1n) is 17.8. The lowest BCUT2D eigenvalue weighted by Crippen LogP contribution is -2.75. The number of allylic oxidation sites excluding steroid dienone is 1. The molecule has 0 aromatic heterocycles. The summed E-state index contributed by atoms with van der Waals surface area (Å²) in [6, 6.07) is -5.05. The van der Waals surface area contributed by atoms with Gasteiger partial charge in [0.25, 0.3) is 0 Å². The third kappa shape index (κ3) is 13.3. The maximum Gasteiger partial charge on any atom is 0.416 e. The van der Waals surface area contributed by atoms with Gasteiger partial charge in [0.1, 0.15) is 29.6 Å². The van der Waals surface area contributed by atoms with Gasteiger partial charge in [-0.3, -0.25) is 0 Å². The molecule has 2 nitrogen and oxygen atoms in total. The average Bonchev–Trinajstić information content (AvgIpc) is 3.15. The Balaban J connectivity index is 0.000000985. The first-order valence-corrected chi connectivity index (χ1v) is 20.0. The van der Waals surface area contributed by atoms with Gasteiger partial charge in [-0.2, -0.15) is 138 Å². The van der Waals surface area contributed by atoms with Crippen LogP contribution in [0.2, 0.25) is 0 Å². The maximum absolute atomic E-state index is 14.2. The molecule has 0 fully saturated rings. The lowest BCUT2D eigenvalue weighted by molar-refractivity contribution is -0.144. The zero-order valence-corrected chi connectivity index (χ0v) is 34.4. The molecular formula is C40H23BF24N2S. The van der Waals surface area contributed by atoms with Gasteiger partial charge in [0, 0.05) is 5.57 Å². The minimum Gasteiger partial charge on any atom is -0.194 e. The molecule has 0 amide bonds. The first-order chi connectivity index (χ1) is 30.4. The molecule has 370 valence electrons. The Morgan fingerprint density at radius 1 is 0.368 bits per heavy atom. The Labute approximate surface area is 369 Å². The number of nitrogens with zero attached hydrogens (tertiary/aromatic N) is 2. The van der Waals surface area contributed by atoms with Crippen LogP contribution in [0.15, 0.2) is 83.9 Å². The molecule has 4 rings (SSSR count). The van der Waals surface area contributed by atoms with Crippen molar-refractivity contribution in [2.24, 2.45) is 0 Å². The Kier molecular flexibility index (Phi) is 15.9. The molecule has 0 saturated carbocycles. The maximum atomic E-state index is 14.2. The highest BCUT2D eigenvalue weighted by Gasteiger charge is 2.47. The third-order valence-corrected chi connectivity index (χ3v) is 10.6. The highest BCUT2D eigenvalue weighted by molar-refractivity contribution is 7.95. The molecule has 0 aliphatic heterocycles. The lowest BCUT2D eigenvalue weighted by atomic mass is 9.12. The van der Waals surface area contributed by atoms with E-state index in [4.69, 9.17) is 10.5 Å². The molecule has 0 unspecified atom stereocenters. The van der Waals surface area contributed by atoms with Crippen LogP contribution >= 0.6 is 0 Å². The van der Waals surface area contributed by atoms with E-state index in [-0.39, 0.29) is 16.5 Å². The normalized spacial score (nSPS) is 13.4. The van der Waals surface area contributed by atoms with Crippen LogP contribution in [0, 0.1) is 22.7 Å². The summed E-state index contributed by atoms with van der Waals surface area (Å²) in [5.41, 5.74) is -29.0. The van der Waals surface area contributed by atoms with Crippen molar-refractivity contribution in [2.45, 2.75) is 56.3 Å². The topological polar surface area (TPSA) is 47.6 Å². The molecular weight excluding hydrogens is 1010 g/mol. The number of hydrogen-bond acceptors (Lipinski definition) is 2. The van der Waals surface area contributed by atoms with Crippen molar-refractivity contribution in [3.8, 4) is 12.1 Å². The van der Waals surface area contributed by atoms with E-state index < -0.39 is 195 Å². The summed E-state index contributed by atoms with van der Waals surface area (Å²) < 4.78 is 341. The Hall–Kier alpha value is -5.67. The number of rotatable bonds is 6. The van der Waals surface area contributed by atoms with Crippen molar-refractivity contribution in [3.63, 3.8) is 0 Å². The molecule has 68 heavy (non-hydrogen) atoms. The van der Waals surface area contributed by atoms with Crippen LogP contribution in [0.1, 0.15) is 51.4 Å². The Morgan fingerprint density at radius 3 is 0.647 bits per heavy atom. The van der Waals surface area contributed by atoms with Gasteiger partial charge in [0.05, 0.1) is 57.0 Å². The standard InChI is InChI=1S/C32H12BF24.C8H11N2S/c34-25(35,36)13-1-14(26(37,38)39)6-21(5-13)33(22-7-15(27(40,41)42)2-16(8-22)28(43,44)45,23-9-17(29(46,47)48)3-18(10-23)30(49,50)51)24-11-19(31(52,53)54)4-20(12-24)32(55,56)57;1-7(6-11(2)3)8(4-9)5-10/h1-12H;6H2,1-3H3/q-1;+1. The van der Waals surface area contributed by atoms with Crippen LogP contribution in [0.4, 0.5) is 105 Å². The van der Waals surface area contributed by atoms with Crippen molar-refractivity contribution in [3.05, 3.63) is 128 Å². The van der Waals surface area contributed by atoms with E-state index in [1.54, 1.807) is 0 Å². The molecule has 0 N–H and O–H groups in total. The average molecular weight is 1030 g/mol. The summed E-state index contributed by atoms with van der Waals surface area (Å²) in [4.78, 5) is 0. The minimum absolute atomic E-state index is 0.270. The van der Waals surface area contributed by atoms with Crippen LogP contribution in [-0.2, 0) is 60.3 Å². The molecule has 0 radical (unpaired) electrons. The molecule has 0 aliphatic rings. The van der Waals surface area contributed by atoms with Crippen LogP contribution in [0.25, 0.3) is 0 Å². The summed E-state index contributed by atoms with van der Waals surface area (Å²) in [5, 5.41) is 17.0. The van der Waals surface area contributed by atoms with E-state index in [0.29, 0.717) is 0 Å². The fraction of sp³-hybridized carbons (Fsp3) is 0.300. The highest BCUT2D eigenvalue weighted by atomic mass is 32.2. The van der Waals surface area contributed by atoms with Gasteiger partial charge in [0.15, 0.2) is 0 Å². The largest absolute Gasteiger partial charge is 0.416 e. The zero-order valence-electron chi connectivity index (χ0n) is 33.6. The summed E-state index contributed by atoms with van der Waals surface area (Å²) in [6.07, 6.45) is -50.6. The summed E-state index contributed by atoms with van der Waals surface area (Å²) in [5.74, 6) is 0.858. The quantitative estimate of drug-likeness (QED) is 0.0836. The fourth-order valence-corrected chi connectivity index (χ4v) is 7.80. The monoisotopic (exact) mass is 1030 g/mol. The molecule has 0 saturated heterocycles. The van der Waals surface area contributed by atoms with Crippen molar-refractivity contribution in [1.29, 1.82) is 10.5 Å². The molecule has 0 spiro atoms. The first kappa shape index (κ1) is 56.7. The van der Waals surface area contributed by atoms with Crippen molar-refractivity contribution in [1.82, 2.24) is 0 Å². The van der Waals surface area contributed by atoms with E-state index in [2.05, 4.69) is 12.5 Å². The number of halogens is 24. The minimum atomic E-state index is -6.13. The molecule has 0 aliphatic carbocycles. The van der Waals surface area contributed by atoms with Crippen molar-refractivity contribution < 1.29 is 105 Å². The van der Waals surface area contributed by atoms with Crippen LogP contribution < -0.4 is 21.9 Å². The van der Waals surface area contributed by atoms with Gasteiger partial charge in [-0.15, -0.1) is 0 Å². The van der Waals surface area contributed by atoms with Crippen molar-refractivity contribution >= 4 is 38.9 Å². The highest BCUT2D eigenvalue weighted by Crippen LogP contribution is 2.41. The molecule has 28 heteroatoms. The lowest BCUT2D eigenvalue weighted by Gasteiger charge is -2.46. The van der Waals surface area contributed by atoms with Crippen LogP contribution in [-0.4, -0.2) is 24.4 Å². The van der Waals surface area contributed by atoms with Gasteiger partial charge in [0.2, 0.25) is 0 Å². The molecule has 4 aromatic rings. The molecule has 0 heterocycles. The molecule has 0 bridgehead atoms. The Morgan fingerprint density at radius 2 is 0.529 bits per heavy atom. The number of alkyl halides is 24. The number of hydrogen-bond donors (Lipinski definition) is 0. The predicted octanol–water partition coefficient (Wildman–Crippen LogP) is 12.4. The molecule has 0 atom stereocenters. The summed E-state index contributed by atoms with van der Waals surface area (Å²) in [6.45, 7) is 1.84. The van der Waals surface area contributed by atoms with Gasteiger partial charge in [-0.1, -0.05) is 48.5 Å². The van der Waals surface area contributed by atoms with Crippen LogP contribution in [0.3, 0.4) is 0 Å². The predicted molar refractivity (Wildman–Crippen MR) is 198 cm³/mol. The fourth-order valence-electron chi connectivity index (χ4n) is 6.79. The SMILES string of the molecule is CC(C[S+](C)C)=C(C#N)C#N.FC(F)(F)c1cc([B-](c2cc(C(F)(F)F)cc(C(F)(F)F)c2)(c2cc(C(F)(F)F)cc(C(F)(F)F)c2)c2cc(C(F)(F)F)cc(C(F)(F)F)c2)cc(C(F)(F)F)c1. The third-order valence-electron chi connectivity index (χ3n) is 9.60. The second-order valence-corrected chi connectivity index (χ2v) is 17.0. The molecule has 4 aromatic carbocycles. The van der Waals surface area contributed by atoms with Crippen LogP contribution in [0.5, 0.6) is 0 Å². The van der Waals surface area contributed by atoms with E-state index in [0.717, 1.165) is 11.3 Å². The summed E-state index contributed by atoms with van der Waals surface area (Å²) >= 11 is 0. The Bertz CT molecular complexity index is 2150. The summed E-state index contributed by atoms with van der Waals surface area (Å²) in [7, 11) is 0.270. The zero-order chi connectivity index (χ0) is 52.8. The number of benzene rings is 4.